The molecule has 0 saturated heterocycles. The van der Waals surface area contributed by atoms with Crippen LogP contribution in [0.4, 0.5) is 0 Å². The fourth-order valence-corrected chi connectivity index (χ4v) is 2.49. The molecule has 0 spiro atoms. The molecule has 5 nitrogen and oxygen atoms in total. The van der Waals surface area contributed by atoms with Crippen LogP contribution in [0.25, 0.3) is 0 Å². The van der Waals surface area contributed by atoms with E-state index in [1.165, 1.54) is 6.42 Å². The maximum Gasteiger partial charge on any atom is 0.289 e. The lowest BCUT2D eigenvalue weighted by Crippen LogP contribution is -2.25. The van der Waals surface area contributed by atoms with Gasteiger partial charge < -0.3 is 19.5 Å². The van der Waals surface area contributed by atoms with Gasteiger partial charge in [0, 0.05) is 13.0 Å². The van der Waals surface area contributed by atoms with Crippen LogP contribution >= 0.6 is 0 Å². The number of nitrogens with two attached hydrogens (primary N) is 1. The van der Waals surface area contributed by atoms with Crippen LogP contribution in [0.2, 0.25) is 0 Å². The number of rotatable bonds is 5. The number of amides is 1. The van der Waals surface area contributed by atoms with Crippen molar-refractivity contribution in [2.24, 2.45) is 11.7 Å². The predicted molar refractivity (Wildman–Crippen MR) is 77.6 cm³/mol. The summed E-state index contributed by atoms with van der Waals surface area (Å²) in [7, 11) is 1.73. The molecule has 5 heteroatoms. The number of hydrogen-bond donors (Lipinski definition) is 1. The van der Waals surface area contributed by atoms with Crippen LogP contribution in [0.3, 0.4) is 0 Å². The highest BCUT2D eigenvalue weighted by Gasteiger charge is 2.36. The molecule has 1 aliphatic carbocycles. The van der Waals surface area contributed by atoms with Crippen LogP contribution in [0.5, 0.6) is 0 Å². The Morgan fingerprint density at radius 3 is 2.62 bits per heavy atom. The molecule has 112 valence electrons. The molecule has 1 aliphatic rings. The van der Waals surface area contributed by atoms with E-state index < -0.39 is 0 Å². The molecule has 21 heavy (non-hydrogen) atoms. The van der Waals surface area contributed by atoms with Gasteiger partial charge in [0.15, 0.2) is 5.76 Å². The Labute approximate surface area is 123 Å². The van der Waals surface area contributed by atoms with Gasteiger partial charge in [0.1, 0.15) is 17.3 Å². The summed E-state index contributed by atoms with van der Waals surface area (Å²) < 4.78 is 11.2. The normalized spacial score (nSPS) is 20.5. The van der Waals surface area contributed by atoms with Crippen molar-refractivity contribution in [1.29, 1.82) is 0 Å². The Hall–Kier alpha value is -2.01. The number of carbonyl (C=O) groups excluding carboxylic acids is 1. The van der Waals surface area contributed by atoms with Crippen molar-refractivity contribution in [2.45, 2.75) is 32.4 Å². The van der Waals surface area contributed by atoms with Crippen LogP contribution in [-0.2, 0) is 13.1 Å². The third kappa shape index (κ3) is 2.88. The van der Waals surface area contributed by atoms with Gasteiger partial charge in [-0.25, -0.2) is 0 Å². The molecular formula is C16H20N2O3. The lowest BCUT2D eigenvalue weighted by Gasteiger charge is -2.13. The molecule has 3 rings (SSSR count). The summed E-state index contributed by atoms with van der Waals surface area (Å²) in [5.41, 5.74) is 5.48. The molecule has 0 bridgehead atoms. The first-order chi connectivity index (χ1) is 10.1. The van der Waals surface area contributed by atoms with Crippen LogP contribution in [0.15, 0.2) is 33.1 Å². The van der Waals surface area contributed by atoms with Gasteiger partial charge in [-0.05, 0) is 36.6 Å². The van der Waals surface area contributed by atoms with Crippen LogP contribution in [0.1, 0.15) is 47.1 Å². The second-order valence-corrected chi connectivity index (χ2v) is 5.75. The van der Waals surface area contributed by atoms with Crippen molar-refractivity contribution in [3.8, 4) is 0 Å². The first-order valence-corrected chi connectivity index (χ1v) is 7.21. The average molecular weight is 288 g/mol. The van der Waals surface area contributed by atoms with Gasteiger partial charge >= 0.3 is 0 Å². The first kappa shape index (κ1) is 13.9. The minimum atomic E-state index is -0.174. The second-order valence-electron chi connectivity index (χ2n) is 5.75. The highest BCUT2D eigenvalue weighted by molar-refractivity contribution is 5.91. The van der Waals surface area contributed by atoms with Gasteiger partial charge in [0.25, 0.3) is 5.91 Å². The largest absolute Gasteiger partial charge is 0.464 e. The number of furan rings is 2. The van der Waals surface area contributed by atoms with Crippen LogP contribution in [-0.4, -0.2) is 17.9 Å². The van der Waals surface area contributed by atoms with E-state index in [9.17, 15) is 4.79 Å². The lowest BCUT2D eigenvalue weighted by molar-refractivity contribution is 0.0741. The fourth-order valence-electron chi connectivity index (χ4n) is 2.49. The molecule has 2 atom stereocenters. The zero-order chi connectivity index (χ0) is 15.0. The standard InChI is InChI=1S/C16H20N2O3/c1-10-7-13(10)14-5-4-12(21-14)9-18(2)16(19)15-6-3-11(8-17)20-15/h3-6,10,13H,7-9,17H2,1-2H3. The van der Waals surface area contributed by atoms with Crippen molar-refractivity contribution in [2.75, 3.05) is 7.05 Å². The predicted octanol–water partition coefficient (Wildman–Crippen LogP) is 2.73. The van der Waals surface area contributed by atoms with Crippen LogP contribution < -0.4 is 5.73 Å². The molecule has 0 aliphatic heterocycles. The van der Waals surface area contributed by atoms with Gasteiger partial charge in [-0.1, -0.05) is 6.92 Å². The quantitative estimate of drug-likeness (QED) is 0.918. The zero-order valence-corrected chi connectivity index (χ0v) is 12.3. The molecular weight excluding hydrogens is 268 g/mol. The maximum absolute atomic E-state index is 12.2. The lowest BCUT2D eigenvalue weighted by atomic mass is 10.3. The van der Waals surface area contributed by atoms with Crippen molar-refractivity contribution in [1.82, 2.24) is 4.90 Å². The van der Waals surface area contributed by atoms with Gasteiger partial charge in [-0.15, -0.1) is 0 Å². The Morgan fingerprint density at radius 2 is 2.00 bits per heavy atom. The molecule has 1 amide bonds. The highest BCUT2D eigenvalue weighted by atomic mass is 16.4. The van der Waals surface area contributed by atoms with E-state index in [4.69, 9.17) is 14.6 Å². The Morgan fingerprint density at radius 1 is 1.29 bits per heavy atom. The summed E-state index contributed by atoms with van der Waals surface area (Å²) in [5, 5.41) is 0. The monoisotopic (exact) mass is 288 g/mol. The van der Waals surface area contributed by atoms with Crippen molar-refractivity contribution >= 4 is 5.91 Å². The third-order valence-electron chi connectivity index (χ3n) is 3.97. The summed E-state index contributed by atoms with van der Waals surface area (Å²) >= 11 is 0. The molecule has 2 aromatic rings. The summed E-state index contributed by atoms with van der Waals surface area (Å²) in [6, 6.07) is 7.33. The Kier molecular flexibility index (Phi) is 3.59. The van der Waals surface area contributed by atoms with E-state index in [0.29, 0.717) is 29.9 Å². The van der Waals surface area contributed by atoms with Gasteiger partial charge in [0.2, 0.25) is 0 Å². The van der Waals surface area contributed by atoms with Gasteiger partial charge in [-0.2, -0.15) is 0 Å². The molecule has 2 unspecified atom stereocenters. The van der Waals surface area contributed by atoms with E-state index in [-0.39, 0.29) is 12.5 Å². The minimum absolute atomic E-state index is 0.174. The maximum atomic E-state index is 12.2. The molecule has 2 heterocycles. The molecule has 2 N–H and O–H groups in total. The summed E-state index contributed by atoms with van der Waals surface area (Å²) in [6.07, 6.45) is 1.19. The van der Waals surface area contributed by atoms with E-state index in [1.54, 1.807) is 24.1 Å². The van der Waals surface area contributed by atoms with E-state index in [0.717, 1.165) is 11.5 Å². The second kappa shape index (κ2) is 5.41. The minimum Gasteiger partial charge on any atom is -0.464 e. The molecule has 0 aromatic carbocycles. The van der Waals surface area contributed by atoms with Crippen molar-refractivity contribution in [3.63, 3.8) is 0 Å². The SMILES string of the molecule is CC1CC1c1ccc(CN(C)C(=O)c2ccc(CN)o2)o1. The molecule has 2 aromatic heterocycles. The topological polar surface area (TPSA) is 72.6 Å². The molecule has 1 saturated carbocycles. The first-order valence-electron chi connectivity index (χ1n) is 7.21. The van der Waals surface area contributed by atoms with Crippen LogP contribution in [0, 0.1) is 5.92 Å². The van der Waals surface area contributed by atoms with Gasteiger partial charge in [-0.3, -0.25) is 4.79 Å². The van der Waals surface area contributed by atoms with E-state index >= 15 is 0 Å². The molecule has 1 fully saturated rings. The van der Waals surface area contributed by atoms with E-state index in [1.807, 2.05) is 12.1 Å². The summed E-state index contributed by atoms with van der Waals surface area (Å²) in [5.74, 6) is 3.83. The molecule has 0 radical (unpaired) electrons. The number of hydrogen-bond acceptors (Lipinski definition) is 4. The number of nitrogens with zero attached hydrogens (tertiary/aromatic N) is 1. The summed E-state index contributed by atoms with van der Waals surface area (Å²) in [4.78, 5) is 13.8. The Balaban J connectivity index is 1.63. The smallest absolute Gasteiger partial charge is 0.289 e. The summed E-state index contributed by atoms with van der Waals surface area (Å²) in [6.45, 7) is 2.94. The fraction of sp³-hybridized carbons (Fsp3) is 0.438. The highest BCUT2D eigenvalue weighted by Crippen LogP contribution is 2.47. The van der Waals surface area contributed by atoms with Gasteiger partial charge in [0.05, 0.1) is 13.1 Å². The van der Waals surface area contributed by atoms with E-state index in [2.05, 4.69) is 6.92 Å². The number of carbonyl (C=O) groups is 1. The van der Waals surface area contributed by atoms with Crippen molar-refractivity contribution in [3.05, 3.63) is 47.3 Å². The average Bonchev–Trinajstić information content (AvgIpc) is 2.92. The van der Waals surface area contributed by atoms with Crippen molar-refractivity contribution < 1.29 is 13.6 Å². The third-order valence-corrected chi connectivity index (χ3v) is 3.97. The Bertz CT molecular complexity index is 643. The zero-order valence-electron chi connectivity index (χ0n) is 12.3.